The molecule has 4 rings (SSSR count). The van der Waals surface area contributed by atoms with Gasteiger partial charge in [0.15, 0.2) is 0 Å². The van der Waals surface area contributed by atoms with Crippen molar-refractivity contribution in [2.24, 2.45) is 0 Å². The first kappa shape index (κ1) is 29.3. The smallest absolute Gasteiger partial charge is 0.248 e. The van der Waals surface area contributed by atoms with Crippen molar-refractivity contribution in [2.45, 2.75) is 75.4 Å². The van der Waals surface area contributed by atoms with Gasteiger partial charge in [-0.05, 0) is 82.3 Å². The van der Waals surface area contributed by atoms with Crippen molar-refractivity contribution in [1.29, 1.82) is 0 Å². The number of aryl methyl sites for hydroxylation is 2. The van der Waals surface area contributed by atoms with Crippen molar-refractivity contribution in [3.05, 3.63) is 23.3 Å². The Hall–Kier alpha value is -1.72. The lowest BCUT2D eigenvalue weighted by atomic mass is 9.89. The maximum absolute atomic E-state index is 13.2. The van der Waals surface area contributed by atoms with Crippen molar-refractivity contribution in [2.75, 3.05) is 67.1 Å². The normalized spacial score (nSPS) is 22.1. The number of carbonyl (C=O) groups excluding carboxylic acids is 1. The molecule has 10 heteroatoms. The SMILES string of the molecule is COc1cc(C)c(S(=O)(=O)N(C)CCOCC(=O)N(C)[C@@H]2CCN(C3CCN(C4CCC4)CC3)C2)c(C)c1. The van der Waals surface area contributed by atoms with Crippen LogP contribution < -0.4 is 4.74 Å². The van der Waals surface area contributed by atoms with Crippen LogP contribution in [0.2, 0.25) is 0 Å². The lowest BCUT2D eigenvalue weighted by Crippen LogP contribution is -2.50. The summed E-state index contributed by atoms with van der Waals surface area (Å²) in [6, 6.07) is 5.12. The second-order valence-corrected chi connectivity index (χ2v) is 13.2. The number of methoxy groups -OCH3 is 1. The van der Waals surface area contributed by atoms with Crippen LogP contribution in [0.4, 0.5) is 0 Å². The summed E-state index contributed by atoms with van der Waals surface area (Å²) in [6.45, 7) is 8.21. The van der Waals surface area contributed by atoms with Crippen LogP contribution in [-0.4, -0.2) is 119 Å². The van der Waals surface area contributed by atoms with E-state index in [1.807, 2.05) is 11.9 Å². The van der Waals surface area contributed by atoms with E-state index < -0.39 is 10.0 Å². The van der Waals surface area contributed by atoms with E-state index in [9.17, 15) is 13.2 Å². The Labute approximate surface area is 229 Å². The molecule has 0 unspecified atom stereocenters. The van der Waals surface area contributed by atoms with Crippen molar-refractivity contribution >= 4 is 15.9 Å². The number of nitrogens with zero attached hydrogens (tertiary/aromatic N) is 4. The fourth-order valence-electron chi connectivity index (χ4n) is 6.15. The van der Waals surface area contributed by atoms with Crippen LogP contribution in [0.3, 0.4) is 0 Å². The van der Waals surface area contributed by atoms with E-state index >= 15 is 0 Å². The number of benzene rings is 1. The quantitative estimate of drug-likeness (QED) is 0.392. The van der Waals surface area contributed by atoms with Crippen molar-refractivity contribution in [3.8, 4) is 5.75 Å². The third-order valence-electron chi connectivity index (χ3n) is 8.86. The molecule has 0 spiro atoms. The van der Waals surface area contributed by atoms with Crippen molar-refractivity contribution in [3.63, 3.8) is 0 Å². The van der Waals surface area contributed by atoms with Crippen LogP contribution in [0.1, 0.15) is 49.7 Å². The summed E-state index contributed by atoms with van der Waals surface area (Å²) < 4.78 is 38.5. The molecule has 0 bridgehead atoms. The van der Waals surface area contributed by atoms with Crippen molar-refractivity contribution < 1.29 is 22.7 Å². The molecule has 1 aromatic rings. The first-order valence-electron chi connectivity index (χ1n) is 14.0. The number of hydrogen-bond acceptors (Lipinski definition) is 7. The molecule has 1 aliphatic carbocycles. The molecular weight excluding hydrogens is 504 g/mol. The van der Waals surface area contributed by atoms with E-state index in [1.165, 1.54) is 49.5 Å². The minimum absolute atomic E-state index is 0.0404. The van der Waals surface area contributed by atoms with Gasteiger partial charge in [-0.15, -0.1) is 0 Å². The van der Waals surface area contributed by atoms with Gasteiger partial charge in [-0.3, -0.25) is 9.69 Å². The number of sulfonamides is 1. The van der Waals surface area contributed by atoms with Gasteiger partial charge in [-0.25, -0.2) is 8.42 Å². The van der Waals surface area contributed by atoms with Gasteiger partial charge in [0, 0.05) is 51.9 Å². The molecule has 3 aliphatic rings. The molecule has 2 aliphatic heterocycles. The number of hydrogen-bond donors (Lipinski definition) is 0. The summed E-state index contributed by atoms with van der Waals surface area (Å²) >= 11 is 0. The molecule has 1 amide bonds. The highest BCUT2D eigenvalue weighted by Crippen LogP contribution is 2.30. The number of likely N-dealkylation sites (N-methyl/N-ethyl adjacent to an activating group) is 2. The minimum atomic E-state index is -3.69. The summed E-state index contributed by atoms with van der Waals surface area (Å²) in [7, 11) is 1.28. The van der Waals surface area contributed by atoms with Gasteiger partial charge < -0.3 is 19.3 Å². The topological polar surface area (TPSA) is 82.6 Å². The van der Waals surface area contributed by atoms with Crippen LogP contribution in [0.25, 0.3) is 0 Å². The summed E-state index contributed by atoms with van der Waals surface area (Å²) in [5.74, 6) is 0.580. The van der Waals surface area contributed by atoms with E-state index in [-0.39, 0.29) is 36.6 Å². The van der Waals surface area contributed by atoms with Crippen LogP contribution in [0.15, 0.2) is 17.0 Å². The van der Waals surface area contributed by atoms with Crippen LogP contribution in [-0.2, 0) is 19.6 Å². The van der Waals surface area contributed by atoms with Gasteiger partial charge in [0.2, 0.25) is 15.9 Å². The summed E-state index contributed by atoms with van der Waals surface area (Å²) in [6.07, 6.45) is 7.60. The number of rotatable bonds is 11. The molecule has 3 fully saturated rings. The van der Waals surface area contributed by atoms with Gasteiger partial charge in [0.05, 0.1) is 18.6 Å². The molecule has 1 aromatic carbocycles. The Morgan fingerprint density at radius 3 is 2.16 bits per heavy atom. The van der Waals surface area contributed by atoms with E-state index in [1.54, 1.807) is 40.1 Å². The summed E-state index contributed by atoms with van der Waals surface area (Å²) in [5, 5.41) is 0. The highest BCUT2D eigenvalue weighted by molar-refractivity contribution is 7.89. The molecule has 2 heterocycles. The van der Waals surface area contributed by atoms with Crippen LogP contribution in [0.5, 0.6) is 5.75 Å². The molecule has 214 valence electrons. The molecule has 0 N–H and O–H groups in total. The molecule has 2 saturated heterocycles. The third kappa shape index (κ3) is 6.53. The number of carbonyl (C=O) groups is 1. The molecule has 38 heavy (non-hydrogen) atoms. The molecule has 0 radical (unpaired) electrons. The highest BCUT2D eigenvalue weighted by Gasteiger charge is 2.35. The molecule has 1 saturated carbocycles. The van der Waals surface area contributed by atoms with Gasteiger partial charge in [-0.2, -0.15) is 4.31 Å². The van der Waals surface area contributed by atoms with Crippen LogP contribution in [0, 0.1) is 13.8 Å². The Bertz CT molecular complexity index is 1050. The second kappa shape index (κ2) is 12.6. The number of piperidine rings is 1. The van der Waals surface area contributed by atoms with Gasteiger partial charge >= 0.3 is 0 Å². The average molecular weight is 551 g/mol. The van der Waals surface area contributed by atoms with E-state index in [4.69, 9.17) is 9.47 Å². The monoisotopic (exact) mass is 550 g/mol. The van der Waals surface area contributed by atoms with Crippen LogP contribution >= 0.6 is 0 Å². The van der Waals surface area contributed by atoms with E-state index in [0.29, 0.717) is 22.9 Å². The number of amides is 1. The van der Waals surface area contributed by atoms with Gasteiger partial charge in [-0.1, -0.05) is 6.42 Å². The zero-order chi connectivity index (χ0) is 27.4. The summed E-state index contributed by atoms with van der Waals surface area (Å²) in [4.78, 5) is 20.2. The van der Waals surface area contributed by atoms with Crippen molar-refractivity contribution in [1.82, 2.24) is 19.0 Å². The average Bonchev–Trinajstić information content (AvgIpc) is 3.35. The Morgan fingerprint density at radius 2 is 1.58 bits per heavy atom. The zero-order valence-corrected chi connectivity index (χ0v) is 24.6. The fraction of sp³-hybridized carbons (Fsp3) is 0.750. The summed E-state index contributed by atoms with van der Waals surface area (Å²) in [5.41, 5.74) is 1.28. The molecule has 0 aromatic heterocycles. The number of likely N-dealkylation sites (tertiary alicyclic amines) is 2. The fourth-order valence-corrected chi connectivity index (χ4v) is 7.71. The Kier molecular flexibility index (Phi) is 9.73. The predicted octanol–water partition coefficient (Wildman–Crippen LogP) is 2.50. The molecular formula is C28H46N4O5S. The van der Waals surface area contributed by atoms with Gasteiger partial charge in [0.25, 0.3) is 0 Å². The maximum atomic E-state index is 13.2. The van der Waals surface area contributed by atoms with Gasteiger partial charge in [0.1, 0.15) is 12.4 Å². The Morgan fingerprint density at radius 1 is 0.974 bits per heavy atom. The maximum Gasteiger partial charge on any atom is 0.248 e. The largest absolute Gasteiger partial charge is 0.497 e. The zero-order valence-electron chi connectivity index (χ0n) is 23.8. The first-order chi connectivity index (χ1) is 18.1. The predicted molar refractivity (Wildman–Crippen MR) is 148 cm³/mol. The molecule has 9 nitrogen and oxygen atoms in total. The lowest BCUT2D eigenvalue weighted by molar-refractivity contribution is -0.136. The third-order valence-corrected chi connectivity index (χ3v) is 11.0. The highest BCUT2D eigenvalue weighted by atomic mass is 32.2. The number of ether oxygens (including phenoxy) is 2. The minimum Gasteiger partial charge on any atom is -0.497 e. The van der Waals surface area contributed by atoms with E-state index in [2.05, 4.69) is 9.80 Å². The standard InChI is InChI=1S/C28H46N4O5S/c1-21-17-26(36-5)18-22(2)28(21)38(34,35)29(3)15-16-37-20-27(33)30(4)25-11-14-32(19-25)24-9-12-31(13-10-24)23-7-6-8-23/h17-18,23-25H,6-16,19-20H2,1-5H3/t25-/m1/s1. The van der Waals surface area contributed by atoms with E-state index in [0.717, 1.165) is 25.6 Å². The first-order valence-corrected chi connectivity index (χ1v) is 15.5. The lowest BCUT2D eigenvalue weighted by Gasteiger charge is -2.43. The Balaban J connectivity index is 1.18. The molecule has 1 atom stereocenters. The second-order valence-electron chi connectivity index (χ2n) is 11.3.